The number of halogens is 3. The summed E-state index contributed by atoms with van der Waals surface area (Å²) in [6, 6.07) is 4.06. The Hall–Kier alpha value is -1.75. The maximum absolute atomic E-state index is 13.4. The molecule has 2 nitrogen and oxygen atoms in total. The molecule has 1 N–H and O–H groups in total. The van der Waals surface area contributed by atoms with Crippen molar-refractivity contribution in [3.63, 3.8) is 0 Å². The van der Waals surface area contributed by atoms with Crippen molar-refractivity contribution in [2.75, 3.05) is 0 Å². The van der Waals surface area contributed by atoms with Crippen LogP contribution in [0.1, 0.15) is 18.8 Å². The van der Waals surface area contributed by atoms with Gasteiger partial charge in [0.1, 0.15) is 23.4 Å². The molecule has 0 fully saturated rings. The Morgan fingerprint density at radius 2 is 1.88 bits per heavy atom. The van der Waals surface area contributed by atoms with E-state index in [0.29, 0.717) is 6.07 Å². The third kappa shape index (κ3) is 2.19. The van der Waals surface area contributed by atoms with Gasteiger partial charge in [-0.25, -0.2) is 13.2 Å². The summed E-state index contributed by atoms with van der Waals surface area (Å²) < 4.78 is 44.5. The van der Waals surface area contributed by atoms with E-state index >= 15 is 0 Å². The molecule has 0 spiro atoms. The second-order valence-electron chi connectivity index (χ2n) is 3.63. The van der Waals surface area contributed by atoms with Gasteiger partial charge in [0.25, 0.3) is 0 Å². The Morgan fingerprint density at radius 1 is 1.18 bits per heavy atom. The molecule has 2 aromatic rings. The lowest BCUT2D eigenvalue weighted by Crippen LogP contribution is -1.91. The zero-order valence-corrected chi connectivity index (χ0v) is 8.88. The highest BCUT2D eigenvalue weighted by atomic mass is 19.2. The van der Waals surface area contributed by atoms with E-state index in [-0.39, 0.29) is 17.1 Å². The lowest BCUT2D eigenvalue weighted by molar-refractivity contribution is 0.170. The molecule has 2 rings (SSSR count). The predicted molar refractivity (Wildman–Crippen MR) is 54.7 cm³/mol. The van der Waals surface area contributed by atoms with E-state index in [1.165, 1.54) is 19.1 Å². The van der Waals surface area contributed by atoms with Crippen molar-refractivity contribution in [1.29, 1.82) is 0 Å². The van der Waals surface area contributed by atoms with E-state index in [9.17, 15) is 18.3 Å². The first-order valence-electron chi connectivity index (χ1n) is 4.91. The van der Waals surface area contributed by atoms with Crippen LogP contribution in [0.5, 0.6) is 0 Å². The van der Waals surface area contributed by atoms with Crippen molar-refractivity contribution in [3.05, 3.63) is 47.5 Å². The molecule has 0 radical (unpaired) electrons. The van der Waals surface area contributed by atoms with Crippen molar-refractivity contribution >= 4 is 0 Å². The van der Waals surface area contributed by atoms with Crippen LogP contribution in [0.15, 0.2) is 28.7 Å². The fourth-order valence-electron chi connectivity index (χ4n) is 1.46. The van der Waals surface area contributed by atoms with Gasteiger partial charge in [0.2, 0.25) is 0 Å². The zero-order valence-electron chi connectivity index (χ0n) is 8.88. The van der Waals surface area contributed by atoms with Gasteiger partial charge in [0, 0.05) is 6.07 Å². The molecule has 0 amide bonds. The lowest BCUT2D eigenvalue weighted by atomic mass is 10.1. The van der Waals surface area contributed by atoms with Crippen LogP contribution in [-0.2, 0) is 0 Å². The topological polar surface area (TPSA) is 33.4 Å². The number of rotatable bonds is 2. The molecule has 1 unspecified atom stereocenters. The van der Waals surface area contributed by atoms with Gasteiger partial charge in [0.15, 0.2) is 11.6 Å². The van der Waals surface area contributed by atoms with Gasteiger partial charge >= 0.3 is 0 Å². The van der Waals surface area contributed by atoms with Gasteiger partial charge in [0.05, 0.1) is 5.56 Å². The van der Waals surface area contributed by atoms with Gasteiger partial charge in [-0.15, -0.1) is 0 Å². The number of benzene rings is 1. The monoisotopic (exact) mass is 242 g/mol. The Labute approximate surface area is 95.3 Å². The van der Waals surface area contributed by atoms with Gasteiger partial charge in [-0.1, -0.05) is 0 Å². The largest absolute Gasteiger partial charge is 0.458 e. The number of hydrogen-bond acceptors (Lipinski definition) is 2. The SMILES string of the molecule is CC(O)c1ccc(-c2cc(F)cc(F)c2F)o1. The molecule has 90 valence electrons. The molecule has 1 atom stereocenters. The maximum Gasteiger partial charge on any atom is 0.169 e. The van der Waals surface area contributed by atoms with Crippen LogP contribution in [0.2, 0.25) is 0 Å². The molecular weight excluding hydrogens is 233 g/mol. The normalized spacial score (nSPS) is 12.8. The van der Waals surface area contributed by atoms with Crippen molar-refractivity contribution < 1.29 is 22.7 Å². The van der Waals surface area contributed by atoms with Crippen molar-refractivity contribution in [3.8, 4) is 11.3 Å². The highest BCUT2D eigenvalue weighted by molar-refractivity contribution is 5.58. The van der Waals surface area contributed by atoms with E-state index in [2.05, 4.69) is 0 Å². The summed E-state index contributed by atoms with van der Waals surface area (Å²) >= 11 is 0. The summed E-state index contributed by atoms with van der Waals surface area (Å²) in [5, 5.41) is 9.23. The molecular formula is C12H9F3O2. The van der Waals surface area contributed by atoms with Crippen LogP contribution in [0.3, 0.4) is 0 Å². The third-order valence-corrected chi connectivity index (χ3v) is 2.30. The van der Waals surface area contributed by atoms with Gasteiger partial charge < -0.3 is 9.52 Å². The summed E-state index contributed by atoms with van der Waals surface area (Å²) in [5.41, 5.74) is -0.311. The standard InChI is InChI=1S/C12H9F3O2/c1-6(16)10-2-3-11(17-10)8-4-7(13)5-9(14)12(8)15/h2-6,16H,1H3. The molecule has 1 aromatic heterocycles. The van der Waals surface area contributed by atoms with E-state index < -0.39 is 23.6 Å². The average Bonchev–Trinajstić information content (AvgIpc) is 2.72. The first kappa shape index (κ1) is 11.7. The molecule has 1 heterocycles. The fourth-order valence-corrected chi connectivity index (χ4v) is 1.46. The number of hydrogen-bond donors (Lipinski definition) is 1. The average molecular weight is 242 g/mol. The molecule has 17 heavy (non-hydrogen) atoms. The third-order valence-electron chi connectivity index (χ3n) is 2.30. The summed E-state index contributed by atoms with van der Waals surface area (Å²) in [4.78, 5) is 0. The highest BCUT2D eigenvalue weighted by Crippen LogP contribution is 2.29. The molecule has 0 aliphatic heterocycles. The summed E-state index contributed by atoms with van der Waals surface area (Å²) in [6.07, 6.45) is -0.870. The van der Waals surface area contributed by atoms with Crippen LogP contribution in [0.25, 0.3) is 11.3 Å². The molecule has 1 aromatic carbocycles. The molecule has 0 aliphatic rings. The Kier molecular flexibility index (Phi) is 2.93. The van der Waals surface area contributed by atoms with Crippen molar-refractivity contribution in [1.82, 2.24) is 0 Å². The summed E-state index contributed by atoms with van der Waals surface area (Å²) in [6.45, 7) is 1.46. The van der Waals surface area contributed by atoms with Gasteiger partial charge in [-0.05, 0) is 25.1 Å². The van der Waals surface area contributed by atoms with Gasteiger partial charge in [-0.2, -0.15) is 0 Å². The number of furan rings is 1. The van der Waals surface area contributed by atoms with E-state index in [1.807, 2.05) is 0 Å². The molecule has 0 aliphatic carbocycles. The number of aliphatic hydroxyl groups is 1. The van der Waals surface area contributed by atoms with Crippen LogP contribution in [-0.4, -0.2) is 5.11 Å². The molecule has 0 saturated heterocycles. The molecule has 5 heteroatoms. The number of aliphatic hydroxyl groups excluding tert-OH is 1. The van der Waals surface area contributed by atoms with E-state index in [1.54, 1.807) is 0 Å². The minimum atomic E-state index is -1.28. The molecule has 0 saturated carbocycles. The summed E-state index contributed by atoms with van der Waals surface area (Å²) in [7, 11) is 0. The maximum atomic E-state index is 13.4. The van der Waals surface area contributed by atoms with Gasteiger partial charge in [-0.3, -0.25) is 0 Å². The second-order valence-corrected chi connectivity index (χ2v) is 3.63. The first-order chi connectivity index (χ1) is 7.99. The Balaban J connectivity index is 2.52. The Bertz CT molecular complexity index is 547. The van der Waals surface area contributed by atoms with Crippen molar-refractivity contribution in [2.24, 2.45) is 0 Å². The first-order valence-corrected chi connectivity index (χ1v) is 4.91. The zero-order chi connectivity index (χ0) is 12.6. The highest BCUT2D eigenvalue weighted by Gasteiger charge is 2.16. The van der Waals surface area contributed by atoms with E-state index in [4.69, 9.17) is 4.42 Å². The molecule has 0 bridgehead atoms. The van der Waals surface area contributed by atoms with Crippen LogP contribution in [0, 0.1) is 17.5 Å². The quantitative estimate of drug-likeness (QED) is 0.818. The Morgan fingerprint density at radius 3 is 2.47 bits per heavy atom. The van der Waals surface area contributed by atoms with Crippen molar-refractivity contribution in [2.45, 2.75) is 13.0 Å². The minimum absolute atomic E-state index is 0.0307. The lowest BCUT2D eigenvalue weighted by Gasteiger charge is -2.02. The minimum Gasteiger partial charge on any atom is -0.458 e. The van der Waals surface area contributed by atoms with Crippen LogP contribution >= 0.6 is 0 Å². The van der Waals surface area contributed by atoms with Crippen LogP contribution < -0.4 is 0 Å². The second kappa shape index (κ2) is 4.25. The fraction of sp³-hybridized carbons (Fsp3) is 0.167. The predicted octanol–water partition coefficient (Wildman–Crippen LogP) is 3.42. The smallest absolute Gasteiger partial charge is 0.169 e. The van der Waals surface area contributed by atoms with E-state index in [0.717, 1.165) is 6.07 Å². The van der Waals surface area contributed by atoms with Crippen LogP contribution in [0.4, 0.5) is 13.2 Å². The summed E-state index contributed by atoms with van der Waals surface area (Å²) in [5.74, 6) is -3.19.